The molecule has 1 amide bonds. The van der Waals surface area contributed by atoms with Crippen molar-refractivity contribution in [2.75, 3.05) is 5.32 Å². The summed E-state index contributed by atoms with van der Waals surface area (Å²) in [5.41, 5.74) is 4.65. The lowest BCUT2D eigenvalue weighted by Gasteiger charge is -2.10. The van der Waals surface area contributed by atoms with Crippen molar-refractivity contribution in [1.82, 2.24) is 9.71 Å². The molecule has 0 spiro atoms. The van der Waals surface area contributed by atoms with E-state index < -0.39 is 10.0 Å². The number of pyridine rings is 1. The molecule has 7 heteroatoms. The van der Waals surface area contributed by atoms with Gasteiger partial charge < -0.3 is 5.32 Å². The van der Waals surface area contributed by atoms with Gasteiger partial charge in [0.25, 0.3) is 5.91 Å². The van der Waals surface area contributed by atoms with Crippen molar-refractivity contribution in [3.8, 4) is 0 Å². The topological polar surface area (TPSA) is 88.2 Å². The number of fused-ring (bicyclic) bond motifs is 1. The summed E-state index contributed by atoms with van der Waals surface area (Å²) in [6, 6.07) is 21.4. The smallest absolute Gasteiger partial charge is 0.255 e. The highest BCUT2D eigenvalue weighted by molar-refractivity contribution is 7.89. The Morgan fingerprint density at radius 3 is 2.41 bits per heavy atom. The van der Waals surface area contributed by atoms with Gasteiger partial charge in [-0.3, -0.25) is 9.78 Å². The first-order valence-electron chi connectivity index (χ1n) is 10.1. The number of amides is 1. The van der Waals surface area contributed by atoms with Gasteiger partial charge in [-0.25, -0.2) is 13.1 Å². The monoisotopic (exact) mass is 445 g/mol. The Kier molecular flexibility index (Phi) is 6.03. The molecule has 4 aromatic rings. The highest BCUT2D eigenvalue weighted by Crippen LogP contribution is 2.18. The SMILES string of the molecule is Cc1ccc(S(=O)(=O)NCc2ccc(C(=O)Nc3cnc4ccccc4c3)cc2)cc1C. The number of aromatic nitrogens is 1. The van der Waals surface area contributed by atoms with Crippen molar-refractivity contribution < 1.29 is 13.2 Å². The zero-order valence-corrected chi connectivity index (χ0v) is 18.6. The lowest BCUT2D eigenvalue weighted by molar-refractivity contribution is 0.102. The van der Waals surface area contributed by atoms with Gasteiger partial charge in [-0.15, -0.1) is 0 Å². The average Bonchev–Trinajstić information content (AvgIpc) is 2.79. The largest absolute Gasteiger partial charge is 0.321 e. The molecule has 0 aliphatic heterocycles. The van der Waals surface area contributed by atoms with Crippen LogP contribution in [0.3, 0.4) is 0 Å². The number of rotatable bonds is 6. The third-order valence-electron chi connectivity index (χ3n) is 5.32. The number of aryl methyl sites for hydroxylation is 2. The first-order chi connectivity index (χ1) is 15.3. The summed E-state index contributed by atoms with van der Waals surface area (Å²) in [4.78, 5) is 17.2. The second kappa shape index (κ2) is 8.90. The number of hydrogen-bond donors (Lipinski definition) is 2. The lowest BCUT2D eigenvalue weighted by Crippen LogP contribution is -2.23. The number of nitrogens with zero attached hydrogens (tertiary/aromatic N) is 1. The molecule has 1 heterocycles. The molecule has 0 radical (unpaired) electrons. The van der Waals surface area contributed by atoms with Crippen LogP contribution in [0.1, 0.15) is 27.0 Å². The molecule has 1 aromatic heterocycles. The number of para-hydroxylation sites is 1. The second-order valence-corrected chi connectivity index (χ2v) is 9.41. The Hall–Kier alpha value is -3.55. The normalized spacial score (nSPS) is 11.4. The fourth-order valence-electron chi connectivity index (χ4n) is 3.26. The maximum Gasteiger partial charge on any atom is 0.255 e. The summed E-state index contributed by atoms with van der Waals surface area (Å²) >= 11 is 0. The van der Waals surface area contributed by atoms with Crippen molar-refractivity contribution in [1.29, 1.82) is 0 Å². The van der Waals surface area contributed by atoms with Gasteiger partial charge in [0.1, 0.15) is 0 Å². The number of anilines is 1. The number of hydrogen-bond acceptors (Lipinski definition) is 4. The second-order valence-electron chi connectivity index (χ2n) is 7.64. The van der Waals surface area contributed by atoms with E-state index >= 15 is 0 Å². The molecule has 0 aliphatic rings. The molecular weight excluding hydrogens is 422 g/mol. The number of carbonyl (C=O) groups is 1. The molecule has 3 aromatic carbocycles. The predicted molar refractivity (Wildman–Crippen MR) is 126 cm³/mol. The van der Waals surface area contributed by atoms with Crippen LogP contribution in [0.4, 0.5) is 5.69 Å². The van der Waals surface area contributed by atoms with Crippen molar-refractivity contribution in [3.63, 3.8) is 0 Å². The summed E-state index contributed by atoms with van der Waals surface area (Å²) < 4.78 is 27.7. The van der Waals surface area contributed by atoms with E-state index in [9.17, 15) is 13.2 Å². The quantitative estimate of drug-likeness (QED) is 0.455. The van der Waals surface area contributed by atoms with E-state index in [4.69, 9.17) is 0 Å². The number of carbonyl (C=O) groups excluding carboxylic acids is 1. The molecule has 2 N–H and O–H groups in total. The zero-order chi connectivity index (χ0) is 22.7. The van der Waals surface area contributed by atoms with Crippen molar-refractivity contribution >= 4 is 32.5 Å². The fourth-order valence-corrected chi connectivity index (χ4v) is 4.36. The van der Waals surface area contributed by atoms with Crippen molar-refractivity contribution in [2.45, 2.75) is 25.3 Å². The Morgan fingerprint density at radius 1 is 0.906 bits per heavy atom. The molecule has 0 saturated heterocycles. The Morgan fingerprint density at radius 2 is 1.66 bits per heavy atom. The van der Waals surface area contributed by atoms with E-state index in [1.807, 2.05) is 44.2 Å². The standard InChI is InChI=1S/C25H23N3O3S/c1-17-7-12-23(13-18(17)2)32(30,31)27-15-19-8-10-20(11-9-19)25(29)28-22-14-21-5-3-4-6-24(21)26-16-22/h3-14,16,27H,15H2,1-2H3,(H,28,29). The summed E-state index contributed by atoms with van der Waals surface area (Å²) in [5, 5.41) is 3.79. The third kappa shape index (κ3) is 4.85. The lowest BCUT2D eigenvalue weighted by atomic mass is 10.1. The molecule has 0 saturated carbocycles. The van der Waals surface area contributed by atoms with Gasteiger partial charge in [-0.05, 0) is 66.9 Å². The molecule has 4 rings (SSSR count). The summed E-state index contributed by atoms with van der Waals surface area (Å²) in [7, 11) is -3.62. The Balaban J connectivity index is 1.40. The van der Waals surface area contributed by atoms with Crippen LogP contribution in [0.5, 0.6) is 0 Å². The van der Waals surface area contributed by atoms with Crippen LogP contribution in [0.2, 0.25) is 0 Å². The van der Waals surface area contributed by atoms with Crippen molar-refractivity contribution in [2.24, 2.45) is 0 Å². The number of sulfonamides is 1. The minimum atomic E-state index is -3.62. The number of benzene rings is 3. The van der Waals surface area contributed by atoms with Crippen LogP contribution in [0.15, 0.2) is 83.9 Å². The van der Waals surface area contributed by atoms with E-state index in [0.29, 0.717) is 11.3 Å². The highest BCUT2D eigenvalue weighted by Gasteiger charge is 2.14. The molecule has 0 bridgehead atoms. The van der Waals surface area contributed by atoms with E-state index in [1.54, 1.807) is 48.7 Å². The molecule has 32 heavy (non-hydrogen) atoms. The van der Waals surface area contributed by atoms with Gasteiger partial charge in [0, 0.05) is 17.5 Å². The minimum absolute atomic E-state index is 0.131. The van der Waals surface area contributed by atoms with Crippen molar-refractivity contribution in [3.05, 3.63) is 101 Å². The van der Waals surface area contributed by atoms with Crippen LogP contribution in [0, 0.1) is 13.8 Å². The molecule has 0 fully saturated rings. The molecule has 0 unspecified atom stereocenters. The fraction of sp³-hybridized carbons (Fsp3) is 0.120. The van der Waals surface area contributed by atoms with E-state index in [-0.39, 0.29) is 17.3 Å². The maximum atomic E-state index is 12.6. The molecular formula is C25H23N3O3S. The number of nitrogens with one attached hydrogen (secondary N) is 2. The third-order valence-corrected chi connectivity index (χ3v) is 6.72. The van der Waals surface area contributed by atoms with Crippen LogP contribution in [-0.2, 0) is 16.6 Å². The van der Waals surface area contributed by atoms with E-state index in [1.165, 1.54) is 0 Å². The van der Waals surface area contributed by atoms with Crippen LogP contribution >= 0.6 is 0 Å². The molecule has 0 aliphatic carbocycles. The maximum absolute atomic E-state index is 12.6. The van der Waals surface area contributed by atoms with Gasteiger partial charge >= 0.3 is 0 Å². The Labute approximate surface area is 187 Å². The van der Waals surface area contributed by atoms with Gasteiger partial charge in [0.05, 0.1) is 22.3 Å². The predicted octanol–water partition coefficient (Wildman–Crippen LogP) is 4.58. The molecule has 162 valence electrons. The highest BCUT2D eigenvalue weighted by atomic mass is 32.2. The first-order valence-corrected chi connectivity index (χ1v) is 11.6. The van der Waals surface area contributed by atoms with Gasteiger partial charge in [0.2, 0.25) is 10.0 Å². The van der Waals surface area contributed by atoms with Crippen LogP contribution in [0.25, 0.3) is 10.9 Å². The summed E-state index contributed by atoms with van der Waals surface area (Å²) in [6.45, 7) is 3.95. The van der Waals surface area contributed by atoms with E-state index in [2.05, 4.69) is 15.0 Å². The minimum Gasteiger partial charge on any atom is -0.321 e. The van der Waals surface area contributed by atoms with Gasteiger partial charge in [-0.1, -0.05) is 36.4 Å². The molecule has 6 nitrogen and oxygen atoms in total. The first kappa shape index (κ1) is 21.7. The van der Waals surface area contributed by atoms with Crippen LogP contribution < -0.4 is 10.0 Å². The summed E-state index contributed by atoms with van der Waals surface area (Å²) in [5.74, 6) is -0.260. The Bertz CT molecular complexity index is 1400. The van der Waals surface area contributed by atoms with Gasteiger partial charge in [-0.2, -0.15) is 0 Å². The zero-order valence-electron chi connectivity index (χ0n) is 17.8. The van der Waals surface area contributed by atoms with Crippen LogP contribution in [-0.4, -0.2) is 19.3 Å². The average molecular weight is 446 g/mol. The molecule has 0 atom stereocenters. The summed E-state index contributed by atoms with van der Waals surface area (Å²) in [6.07, 6.45) is 1.62. The van der Waals surface area contributed by atoms with E-state index in [0.717, 1.165) is 27.6 Å². The van der Waals surface area contributed by atoms with Gasteiger partial charge in [0.15, 0.2) is 0 Å².